The lowest BCUT2D eigenvalue weighted by Gasteiger charge is -2.33. The Bertz CT molecular complexity index is 468. The van der Waals surface area contributed by atoms with Crippen LogP contribution in [0, 0.1) is 0 Å². The Morgan fingerprint density at radius 3 is 2.43 bits per heavy atom. The molecule has 1 aromatic carbocycles. The van der Waals surface area contributed by atoms with Gasteiger partial charge in [0.25, 0.3) is 0 Å². The van der Waals surface area contributed by atoms with Gasteiger partial charge in [-0.1, -0.05) is 30.3 Å². The van der Waals surface area contributed by atoms with Gasteiger partial charge in [-0.25, -0.2) is 4.79 Å². The van der Waals surface area contributed by atoms with Crippen LogP contribution in [0.5, 0.6) is 0 Å². The van der Waals surface area contributed by atoms with Crippen molar-refractivity contribution in [1.29, 1.82) is 0 Å². The first kappa shape index (κ1) is 14.4. The molecule has 4 heteroatoms. The van der Waals surface area contributed by atoms with E-state index in [1.165, 1.54) is 5.56 Å². The lowest BCUT2D eigenvalue weighted by atomic mass is 9.90. The van der Waals surface area contributed by atoms with Gasteiger partial charge < -0.3 is 15.1 Å². The number of amides is 2. The summed E-state index contributed by atoms with van der Waals surface area (Å²) in [6.45, 7) is 3.80. The molecule has 1 unspecified atom stereocenters. The summed E-state index contributed by atoms with van der Waals surface area (Å²) in [4.78, 5) is 16.6. The zero-order chi connectivity index (χ0) is 14.7. The highest BCUT2D eigenvalue weighted by Gasteiger charge is 2.27. The van der Waals surface area contributed by atoms with Crippen molar-refractivity contribution in [2.45, 2.75) is 31.2 Å². The summed E-state index contributed by atoms with van der Waals surface area (Å²) in [5, 5.41) is 3.18. The van der Waals surface area contributed by atoms with Gasteiger partial charge in [0.15, 0.2) is 0 Å². The first-order chi connectivity index (χ1) is 10.2. The fourth-order valence-electron chi connectivity index (χ4n) is 3.46. The molecule has 2 aliphatic rings. The second kappa shape index (κ2) is 6.48. The van der Waals surface area contributed by atoms with Gasteiger partial charge in [0.1, 0.15) is 0 Å². The number of hydrogen-bond acceptors (Lipinski definition) is 2. The minimum atomic E-state index is 0.127. The van der Waals surface area contributed by atoms with Gasteiger partial charge >= 0.3 is 6.03 Å². The molecule has 0 bridgehead atoms. The Labute approximate surface area is 127 Å². The van der Waals surface area contributed by atoms with Gasteiger partial charge in [0, 0.05) is 25.7 Å². The molecule has 2 aliphatic heterocycles. The van der Waals surface area contributed by atoms with Crippen LogP contribution in [0.3, 0.4) is 0 Å². The summed E-state index contributed by atoms with van der Waals surface area (Å²) in [5.41, 5.74) is 1.41. The van der Waals surface area contributed by atoms with Crippen LogP contribution in [0.25, 0.3) is 0 Å². The second-order valence-corrected chi connectivity index (χ2v) is 6.37. The molecular weight excluding hydrogens is 262 g/mol. The van der Waals surface area contributed by atoms with Crippen LogP contribution in [0.4, 0.5) is 4.79 Å². The predicted octanol–water partition coefficient (Wildman–Crippen LogP) is 2.28. The molecule has 2 heterocycles. The SMILES string of the molecule is CN1CCC(NC(=O)N2CCC(c3ccccc3)CC2)C1. The third-order valence-electron chi connectivity index (χ3n) is 4.77. The topological polar surface area (TPSA) is 35.6 Å². The average molecular weight is 287 g/mol. The van der Waals surface area contributed by atoms with Crippen LogP contribution in [0.15, 0.2) is 30.3 Å². The lowest BCUT2D eigenvalue weighted by Crippen LogP contribution is -2.48. The standard InChI is InChI=1S/C17H25N3O/c1-19-10-9-16(13-19)18-17(21)20-11-7-15(8-12-20)14-5-3-2-4-6-14/h2-6,15-16H,7-13H2,1H3,(H,18,21). The molecule has 0 saturated carbocycles. The summed E-state index contributed by atoms with van der Waals surface area (Å²) >= 11 is 0. The van der Waals surface area contributed by atoms with Crippen molar-refractivity contribution in [3.05, 3.63) is 35.9 Å². The molecule has 1 aromatic rings. The monoisotopic (exact) mass is 287 g/mol. The van der Waals surface area contributed by atoms with E-state index in [0.29, 0.717) is 12.0 Å². The summed E-state index contributed by atoms with van der Waals surface area (Å²) in [7, 11) is 2.11. The third-order valence-corrected chi connectivity index (χ3v) is 4.77. The lowest BCUT2D eigenvalue weighted by molar-refractivity contribution is 0.177. The van der Waals surface area contributed by atoms with Gasteiger partial charge in [-0.2, -0.15) is 0 Å². The van der Waals surface area contributed by atoms with Crippen molar-refractivity contribution in [2.24, 2.45) is 0 Å². The van der Waals surface area contributed by atoms with Crippen molar-refractivity contribution in [3.8, 4) is 0 Å². The van der Waals surface area contributed by atoms with E-state index in [0.717, 1.165) is 45.4 Å². The number of piperidine rings is 1. The summed E-state index contributed by atoms with van der Waals surface area (Å²) in [5.74, 6) is 0.605. The van der Waals surface area contributed by atoms with Crippen molar-refractivity contribution in [1.82, 2.24) is 15.1 Å². The van der Waals surface area contributed by atoms with E-state index in [-0.39, 0.29) is 6.03 Å². The minimum absolute atomic E-state index is 0.127. The molecule has 0 spiro atoms. The summed E-state index contributed by atoms with van der Waals surface area (Å²) in [6.07, 6.45) is 3.22. The maximum Gasteiger partial charge on any atom is 0.317 e. The molecular formula is C17H25N3O. The number of rotatable bonds is 2. The maximum atomic E-state index is 12.3. The number of hydrogen-bond donors (Lipinski definition) is 1. The van der Waals surface area contributed by atoms with Gasteiger partial charge in [-0.05, 0) is 44.3 Å². The summed E-state index contributed by atoms with van der Waals surface area (Å²) in [6, 6.07) is 11.1. The van der Waals surface area contributed by atoms with Gasteiger partial charge in [0.05, 0.1) is 0 Å². The Morgan fingerprint density at radius 2 is 1.81 bits per heavy atom. The van der Waals surface area contributed by atoms with E-state index >= 15 is 0 Å². The first-order valence-corrected chi connectivity index (χ1v) is 8.01. The second-order valence-electron chi connectivity index (χ2n) is 6.37. The molecule has 2 amide bonds. The van der Waals surface area contributed by atoms with E-state index in [1.807, 2.05) is 4.90 Å². The Balaban J connectivity index is 1.48. The van der Waals surface area contributed by atoms with Gasteiger partial charge in [-0.3, -0.25) is 0 Å². The number of likely N-dealkylation sites (N-methyl/N-ethyl adjacent to an activating group) is 1. The zero-order valence-corrected chi connectivity index (χ0v) is 12.8. The molecule has 0 aliphatic carbocycles. The van der Waals surface area contributed by atoms with Crippen LogP contribution in [-0.2, 0) is 0 Å². The van der Waals surface area contributed by atoms with Crippen molar-refractivity contribution >= 4 is 6.03 Å². The molecule has 21 heavy (non-hydrogen) atoms. The normalized spacial score (nSPS) is 24.2. The maximum absolute atomic E-state index is 12.3. The zero-order valence-electron chi connectivity index (χ0n) is 12.8. The van der Waals surface area contributed by atoms with Crippen molar-refractivity contribution < 1.29 is 4.79 Å². The summed E-state index contributed by atoms with van der Waals surface area (Å²) < 4.78 is 0. The molecule has 4 nitrogen and oxygen atoms in total. The molecule has 0 radical (unpaired) electrons. The van der Waals surface area contributed by atoms with E-state index in [2.05, 4.69) is 47.6 Å². The van der Waals surface area contributed by atoms with Crippen molar-refractivity contribution in [3.63, 3.8) is 0 Å². The van der Waals surface area contributed by atoms with Gasteiger partial charge in [0.2, 0.25) is 0 Å². The molecule has 0 aromatic heterocycles. The Kier molecular flexibility index (Phi) is 4.44. The highest BCUT2D eigenvalue weighted by Crippen LogP contribution is 2.27. The van der Waals surface area contributed by atoms with E-state index in [4.69, 9.17) is 0 Å². The van der Waals surface area contributed by atoms with Crippen LogP contribution < -0.4 is 5.32 Å². The predicted molar refractivity (Wildman–Crippen MR) is 84.4 cm³/mol. The smallest absolute Gasteiger partial charge is 0.317 e. The first-order valence-electron chi connectivity index (χ1n) is 8.01. The fraction of sp³-hybridized carbons (Fsp3) is 0.588. The number of nitrogens with one attached hydrogen (secondary N) is 1. The average Bonchev–Trinajstić information content (AvgIpc) is 2.93. The number of carbonyl (C=O) groups excluding carboxylic acids is 1. The minimum Gasteiger partial charge on any atom is -0.334 e. The third kappa shape index (κ3) is 3.56. The molecule has 1 atom stereocenters. The number of likely N-dealkylation sites (tertiary alicyclic amines) is 2. The highest BCUT2D eigenvalue weighted by atomic mass is 16.2. The van der Waals surface area contributed by atoms with E-state index in [9.17, 15) is 4.79 Å². The van der Waals surface area contributed by atoms with E-state index < -0.39 is 0 Å². The van der Waals surface area contributed by atoms with Crippen LogP contribution in [0.1, 0.15) is 30.7 Å². The van der Waals surface area contributed by atoms with Crippen LogP contribution >= 0.6 is 0 Å². The van der Waals surface area contributed by atoms with E-state index in [1.54, 1.807) is 0 Å². The van der Waals surface area contributed by atoms with Crippen LogP contribution in [0.2, 0.25) is 0 Å². The number of benzene rings is 1. The number of nitrogens with zero attached hydrogens (tertiary/aromatic N) is 2. The van der Waals surface area contributed by atoms with Crippen molar-refractivity contribution in [2.75, 3.05) is 33.2 Å². The molecule has 114 valence electrons. The molecule has 3 rings (SSSR count). The largest absolute Gasteiger partial charge is 0.334 e. The fourth-order valence-corrected chi connectivity index (χ4v) is 3.46. The highest BCUT2D eigenvalue weighted by molar-refractivity contribution is 5.74. The molecule has 2 saturated heterocycles. The quantitative estimate of drug-likeness (QED) is 0.906. The number of carbonyl (C=O) groups is 1. The Hall–Kier alpha value is -1.55. The molecule has 2 fully saturated rings. The Morgan fingerprint density at radius 1 is 1.10 bits per heavy atom. The van der Waals surface area contributed by atoms with Gasteiger partial charge in [-0.15, -0.1) is 0 Å². The molecule has 1 N–H and O–H groups in total. The van der Waals surface area contributed by atoms with Crippen LogP contribution in [-0.4, -0.2) is 55.1 Å². The number of urea groups is 1.